The predicted octanol–water partition coefficient (Wildman–Crippen LogP) is 5.22. The first-order chi connectivity index (χ1) is 12.8. The van der Waals surface area contributed by atoms with Gasteiger partial charge in [-0.25, -0.2) is 4.39 Å². The smallest absolute Gasteiger partial charge is 0.431 e. The number of aliphatic hydroxyl groups excluding tert-OH is 1. The molecule has 1 rings (SSSR count). The van der Waals surface area contributed by atoms with Crippen molar-refractivity contribution in [3.05, 3.63) is 35.4 Å². The first kappa shape index (κ1) is 24.2. The highest BCUT2D eigenvalue weighted by atomic mass is 19.4. The van der Waals surface area contributed by atoms with E-state index in [2.05, 4.69) is 4.74 Å². The maximum Gasteiger partial charge on any atom is 0.431 e. The quantitative estimate of drug-likeness (QED) is 0.442. The van der Waals surface area contributed by atoms with Crippen LogP contribution in [0.2, 0.25) is 0 Å². The molecule has 0 bridgehead atoms. The molecule has 1 aromatic rings. The molecule has 0 aliphatic rings. The van der Waals surface area contributed by atoms with E-state index < -0.39 is 43.4 Å². The number of aliphatic hydroxyl groups is 1. The number of ether oxygens (including phenoxy) is 1. The topological polar surface area (TPSA) is 46.5 Å². The summed E-state index contributed by atoms with van der Waals surface area (Å²) >= 11 is 0. The Morgan fingerprint density at radius 3 is 2.00 bits per heavy atom. The molecule has 0 aromatic heterocycles. The maximum absolute atomic E-state index is 13.5. The largest absolute Gasteiger partial charge is 0.469 e. The molecule has 0 aliphatic heterocycles. The lowest BCUT2D eigenvalue weighted by Crippen LogP contribution is -2.53. The van der Waals surface area contributed by atoms with Gasteiger partial charge in [0, 0.05) is 6.42 Å². The van der Waals surface area contributed by atoms with E-state index in [-0.39, 0.29) is 12.4 Å². The van der Waals surface area contributed by atoms with Gasteiger partial charge in [-0.1, -0.05) is 24.3 Å². The van der Waals surface area contributed by atoms with E-state index in [1.54, 1.807) is 12.1 Å². The Hall–Kier alpha value is -1.84. The number of methoxy groups -OCH3 is 1. The van der Waals surface area contributed by atoms with Crippen molar-refractivity contribution in [1.29, 1.82) is 0 Å². The van der Waals surface area contributed by atoms with Crippen molar-refractivity contribution in [3.8, 4) is 0 Å². The monoisotopic (exact) mass is 418 g/mol. The molecule has 28 heavy (non-hydrogen) atoms. The molecule has 0 fully saturated rings. The van der Waals surface area contributed by atoms with Crippen LogP contribution in [0.1, 0.15) is 49.3 Å². The van der Waals surface area contributed by atoms with E-state index in [0.717, 1.165) is 5.56 Å². The Morgan fingerprint density at radius 1 is 1.00 bits per heavy atom. The molecule has 0 radical (unpaired) electrons. The highest BCUT2D eigenvalue weighted by Crippen LogP contribution is 2.49. The van der Waals surface area contributed by atoms with Gasteiger partial charge in [0.25, 0.3) is 5.67 Å². The van der Waals surface area contributed by atoms with Crippen molar-refractivity contribution in [2.45, 2.75) is 62.7 Å². The summed E-state index contributed by atoms with van der Waals surface area (Å²) in [5.74, 6) is -0.353. The zero-order valence-corrected chi connectivity index (χ0v) is 15.0. The molecule has 3 nitrogen and oxygen atoms in total. The lowest BCUT2D eigenvalue weighted by Gasteiger charge is -2.30. The van der Waals surface area contributed by atoms with Gasteiger partial charge in [-0.05, 0) is 43.2 Å². The molecule has 1 unspecified atom stereocenters. The summed E-state index contributed by atoms with van der Waals surface area (Å²) < 4.78 is 92.9. The summed E-state index contributed by atoms with van der Waals surface area (Å²) in [5.41, 5.74) is -4.18. The van der Waals surface area contributed by atoms with Crippen LogP contribution in [0.5, 0.6) is 0 Å². The van der Waals surface area contributed by atoms with Crippen molar-refractivity contribution in [1.82, 2.24) is 0 Å². The molecule has 0 spiro atoms. The number of halogens is 7. The lowest BCUT2D eigenvalue weighted by molar-refractivity contribution is -0.343. The van der Waals surface area contributed by atoms with Crippen molar-refractivity contribution in [2.24, 2.45) is 0 Å². The number of carbonyl (C=O) groups is 1. The van der Waals surface area contributed by atoms with Crippen LogP contribution in [0.3, 0.4) is 0 Å². The summed E-state index contributed by atoms with van der Waals surface area (Å²) in [7, 11) is 1.27. The summed E-state index contributed by atoms with van der Waals surface area (Å²) in [6.07, 6.45) is -15.3. The average Bonchev–Trinajstić information content (AvgIpc) is 2.59. The summed E-state index contributed by atoms with van der Waals surface area (Å²) in [6, 6.07) is 6.21. The van der Waals surface area contributed by atoms with E-state index in [1.165, 1.54) is 19.2 Å². The zero-order chi connectivity index (χ0) is 21.6. The molecule has 1 atom stereocenters. The highest BCUT2D eigenvalue weighted by molar-refractivity contribution is 5.69. The van der Waals surface area contributed by atoms with Crippen LogP contribution in [-0.4, -0.2) is 36.2 Å². The fourth-order valence-electron chi connectivity index (χ4n) is 2.60. The normalized spacial score (nSPS) is 14.0. The maximum atomic E-state index is 13.5. The molecule has 10 heteroatoms. The second-order valence-electron chi connectivity index (χ2n) is 6.38. The minimum absolute atomic E-state index is 0.226. The Balaban J connectivity index is 2.59. The molecule has 0 aliphatic carbocycles. The van der Waals surface area contributed by atoms with Crippen LogP contribution in [-0.2, 0) is 16.0 Å². The number of rotatable bonds is 9. The minimum Gasteiger partial charge on any atom is -0.469 e. The molecule has 1 aromatic carbocycles. The highest BCUT2D eigenvalue weighted by Gasteiger charge is 2.71. The fourth-order valence-corrected chi connectivity index (χ4v) is 2.60. The van der Waals surface area contributed by atoms with Gasteiger partial charge in [-0.3, -0.25) is 4.79 Å². The zero-order valence-electron chi connectivity index (χ0n) is 15.0. The van der Waals surface area contributed by atoms with Gasteiger partial charge in [0.15, 0.2) is 0 Å². The van der Waals surface area contributed by atoms with Crippen LogP contribution < -0.4 is 0 Å². The second-order valence-corrected chi connectivity index (χ2v) is 6.38. The van der Waals surface area contributed by atoms with Crippen molar-refractivity contribution in [2.75, 3.05) is 7.11 Å². The van der Waals surface area contributed by atoms with Crippen molar-refractivity contribution >= 4 is 5.97 Å². The molecule has 0 amide bonds. The number of esters is 1. The summed E-state index contributed by atoms with van der Waals surface area (Å²) in [5, 5.41) is 9.95. The summed E-state index contributed by atoms with van der Waals surface area (Å²) in [4.78, 5) is 11.0. The minimum atomic E-state index is -6.08. The third-order valence-corrected chi connectivity index (χ3v) is 4.34. The van der Waals surface area contributed by atoms with Gasteiger partial charge in [-0.2, -0.15) is 26.3 Å². The molecule has 0 saturated carbocycles. The van der Waals surface area contributed by atoms with E-state index in [4.69, 9.17) is 0 Å². The van der Waals surface area contributed by atoms with E-state index in [1.807, 2.05) is 0 Å². The van der Waals surface area contributed by atoms with Crippen LogP contribution in [0.4, 0.5) is 30.7 Å². The third-order valence-electron chi connectivity index (χ3n) is 4.34. The first-order valence-electron chi connectivity index (χ1n) is 8.48. The van der Waals surface area contributed by atoms with E-state index in [9.17, 15) is 40.6 Å². The van der Waals surface area contributed by atoms with Gasteiger partial charge in [0.2, 0.25) is 0 Å². The van der Waals surface area contributed by atoms with Crippen LogP contribution in [0.15, 0.2) is 24.3 Å². The van der Waals surface area contributed by atoms with Crippen LogP contribution >= 0.6 is 0 Å². The van der Waals surface area contributed by atoms with Crippen molar-refractivity contribution in [3.63, 3.8) is 0 Å². The van der Waals surface area contributed by atoms with Gasteiger partial charge in [0.05, 0.1) is 13.2 Å². The molecule has 0 saturated heterocycles. The van der Waals surface area contributed by atoms with Gasteiger partial charge in [0.1, 0.15) is 0 Å². The Bertz CT molecular complexity index is 610. The lowest BCUT2D eigenvalue weighted by atomic mass is 9.94. The number of benzene rings is 1. The third kappa shape index (κ3) is 6.35. The SMILES string of the molecule is COC(=O)CCCc1ccc(C(O)CCCC(F)(C(F)(F)F)C(F)(F)F)cc1. The van der Waals surface area contributed by atoms with Crippen molar-refractivity contribution < 1.29 is 45.4 Å². The number of carbonyl (C=O) groups excluding carboxylic acids is 1. The average molecular weight is 418 g/mol. The standard InChI is InChI=1S/C18H21F7O3/c1-28-15(27)6-2-4-12-7-9-13(10-8-12)14(26)5-3-11-16(19,17(20,21)22)18(23,24)25/h7-10,14,26H,2-6,11H2,1H3. The molecule has 160 valence electrons. The van der Waals surface area contributed by atoms with Crippen LogP contribution in [0, 0.1) is 0 Å². The molecular formula is C18H21F7O3. The molecule has 1 N–H and O–H groups in total. The number of hydrogen-bond donors (Lipinski definition) is 1. The molecule has 0 heterocycles. The Labute approximate surface area is 157 Å². The Morgan fingerprint density at radius 2 is 1.54 bits per heavy atom. The number of hydrogen-bond acceptors (Lipinski definition) is 3. The van der Waals surface area contributed by atoms with Gasteiger partial charge >= 0.3 is 18.3 Å². The van der Waals surface area contributed by atoms with E-state index >= 15 is 0 Å². The first-order valence-corrected chi connectivity index (χ1v) is 8.48. The van der Waals surface area contributed by atoms with Crippen LogP contribution in [0.25, 0.3) is 0 Å². The second kappa shape index (κ2) is 9.58. The van der Waals surface area contributed by atoms with Gasteiger partial charge in [-0.15, -0.1) is 0 Å². The summed E-state index contributed by atoms with van der Waals surface area (Å²) in [6.45, 7) is 0. The number of aryl methyl sites for hydroxylation is 1. The Kier molecular flexibility index (Phi) is 8.28. The fraction of sp³-hybridized carbons (Fsp3) is 0.611. The molecular weight excluding hydrogens is 397 g/mol. The van der Waals surface area contributed by atoms with E-state index in [0.29, 0.717) is 18.4 Å². The van der Waals surface area contributed by atoms with Gasteiger partial charge < -0.3 is 9.84 Å². The predicted molar refractivity (Wildman–Crippen MR) is 86.2 cm³/mol. The number of alkyl halides is 7.